The minimum Gasteiger partial charge on any atom is -0.497 e. The number of nitrogens with zero attached hydrogens (tertiary/aromatic N) is 2. The Bertz CT molecular complexity index is 1340. The Morgan fingerprint density at radius 3 is 2.60 bits per heavy atom. The van der Waals surface area contributed by atoms with Crippen molar-refractivity contribution in [1.29, 1.82) is 0 Å². The molecule has 1 atom stereocenters. The van der Waals surface area contributed by atoms with E-state index < -0.39 is 41.6 Å². The summed E-state index contributed by atoms with van der Waals surface area (Å²) in [4.78, 5) is 19.1. The number of pyridine rings is 1. The number of aryl methyl sites for hydroxylation is 1. The number of amides is 1. The highest BCUT2D eigenvalue weighted by atomic mass is 19.2. The molecule has 2 aromatic carbocycles. The van der Waals surface area contributed by atoms with Crippen LogP contribution in [0.4, 0.5) is 17.6 Å². The van der Waals surface area contributed by atoms with Crippen molar-refractivity contribution < 1.29 is 37.4 Å². The van der Waals surface area contributed by atoms with Crippen LogP contribution in [0.5, 0.6) is 5.75 Å². The van der Waals surface area contributed by atoms with Crippen molar-refractivity contribution in [3.8, 4) is 5.75 Å². The summed E-state index contributed by atoms with van der Waals surface area (Å²) in [5.41, 5.74) is 1.90. The first-order valence-corrected chi connectivity index (χ1v) is 13.2. The van der Waals surface area contributed by atoms with E-state index in [1.807, 2.05) is 0 Å². The molecule has 40 heavy (non-hydrogen) atoms. The fourth-order valence-electron chi connectivity index (χ4n) is 5.60. The van der Waals surface area contributed by atoms with Crippen LogP contribution in [-0.4, -0.2) is 52.8 Å². The van der Waals surface area contributed by atoms with Gasteiger partial charge in [0.15, 0.2) is 11.6 Å². The van der Waals surface area contributed by atoms with Crippen molar-refractivity contribution in [1.82, 2.24) is 15.4 Å². The number of ether oxygens (including phenoxy) is 1. The largest absolute Gasteiger partial charge is 0.497 e. The van der Waals surface area contributed by atoms with E-state index in [-0.39, 0.29) is 24.8 Å². The molecule has 1 aliphatic rings. The van der Waals surface area contributed by atoms with Gasteiger partial charge in [0.25, 0.3) is 0 Å². The van der Waals surface area contributed by atoms with Gasteiger partial charge in [-0.2, -0.15) is 0 Å². The highest BCUT2D eigenvalue weighted by Crippen LogP contribution is 2.41. The Balaban J connectivity index is 1.42. The fraction of sp³-hybridized carbons (Fsp3) is 0.448. The Morgan fingerprint density at radius 2 is 1.93 bits per heavy atom. The first kappa shape index (κ1) is 29.7. The van der Waals surface area contributed by atoms with Gasteiger partial charge in [-0.05, 0) is 88.0 Å². The van der Waals surface area contributed by atoms with Crippen molar-refractivity contribution in [2.24, 2.45) is 5.41 Å². The van der Waals surface area contributed by atoms with Crippen LogP contribution in [0.3, 0.4) is 0 Å². The topological polar surface area (TPSA) is 94.9 Å². The first-order chi connectivity index (χ1) is 19.2. The predicted molar refractivity (Wildman–Crippen MR) is 140 cm³/mol. The zero-order valence-electron chi connectivity index (χ0n) is 22.2. The van der Waals surface area contributed by atoms with Gasteiger partial charge in [-0.3, -0.25) is 15.0 Å². The third kappa shape index (κ3) is 6.37. The number of halogens is 4. The SMILES string of the molecule is COc1ccc2ncc(CO)c(C(F)CCC3(C(=O)NO)CCN(CCCc4cc(F)cc(F)c4F)CC3)c2c1. The molecule has 0 spiro atoms. The van der Waals surface area contributed by atoms with Gasteiger partial charge < -0.3 is 14.7 Å². The number of aliphatic hydroxyl groups excluding tert-OH is 1. The molecular formula is C29H33F4N3O4. The number of carbonyl (C=O) groups is 1. The number of rotatable bonds is 11. The summed E-state index contributed by atoms with van der Waals surface area (Å²) in [6.45, 7) is 1.06. The van der Waals surface area contributed by atoms with E-state index in [2.05, 4.69) is 9.88 Å². The molecule has 0 radical (unpaired) electrons. The van der Waals surface area contributed by atoms with Gasteiger partial charge in [-0.1, -0.05) is 0 Å². The number of nitrogens with one attached hydrogen (secondary N) is 1. The average molecular weight is 564 g/mol. The zero-order valence-corrected chi connectivity index (χ0v) is 22.2. The molecule has 1 fully saturated rings. The summed E-state index contributed by atoms with van der Waals surface area (Å²) in [6.07, 6.45) is 1.37. The molecule has 3 aromatic rings. The number of aliphatic hydroxyl groups is 1. The van der Waals surface area contributed by atoms with E-state index in [1.54, 1.807) is 23.7 Å². The lowest BCUT2D eigenvalue weighted by Gasteiger charge is -2.40. The van der Waals surface area contributed by atoms with E-state index in [0.29, 0.717) is 72.7 Å². The number of carbonyl (C=O) groups excluding carboxylic acids is 1. The van der Waals surface area contributed by atoms with E-state index in [0.717, 1.165) is 6.07 Å². The van der Waals surface area contributed by atoms with Crippen LogP contribution >= 0.6 is 0 Å². The van der Waals surface area contributed by atoms with E-state index in [4.69, 9.17) is 4.74 Å². The maximum Gasteiger partial charge on any atom is 0.249 e. The van der Waals surface area contributed by atoms with Crippen LogP contribution in [0.25, 0.3) is 10.9 Å². The van der Waals surface area contributed by atoms with Gasteiger partial charge in [0.2, 0.25) is 5.91 Å². The van der Waals surface area contributed by atoms with Crippen molar-refractivity contribution in [3.63, 3.8) is 0 Å². The number of fused-ring (bicyclic) bond motifs is 1. The van der Waals surface area contributed by atoms with Crippen LogP contribution in [0.15, 0.2) is 36.5 Å². The molecular weight excluding hydrogens is 530 g/mol. The Kier molecular flexibility index (Phi) is 9.60. The normalized spacial score (nSPS) is 16.2. The number of hydrogen-bond donors (Lipinski definition) is 3. The third-order valence-corrected chi connectivity index (χ3v) is 7.94. The molecule has 0 bridgehead atoms. The molecule has 4 rings (SSSR count). The molecule has 0 aliphatic carbocycles. The lowest BCUT2D eigenvalue weighted by Crippen LogP contribution is -2.48. The van der Waals surface area contributed by atoms with Crippen molar-refractivity contribution in [2.45, 2.75) is 51.3 Å². The standard InChI is InChI=1S/C29H33F4N3O4/c1-40-21-4-5-25-22(15-21)26(19(17-37)16-34-25)23(31)6-7-29(28(38)35-39)8-11-36(12-9-29)10-2-3-18-13-20(30)14-24(32)27(18)33/h4-5,13-16,23,37,39H,2-3,6-12,17H2,1H3,(H,35,38). The second kappa shape index (κ2) is 12.9. The average Bonchev–Trinajstić information content (AvgIpc) is 2.97. The predicted octanol–water partition coefficient (Wildman–Crippen LogP) is 5.16. The lowest BCUT2D eigenvalue weighted by atomic mass is 9.73. The summed E-state index contributed by atoms with van der Waals surface area (Å²) in [7, 11) is 1.50. The number of alkyl halides is 1. The van der Waals surface area contributed by atoms with E-state index in [1.165, 1.54) is 13.3 Å². The van der Waals surface area contributed by atoms with Crippen LogP contribution in [0.1, 0.15) is 55.0 Å². The number of hydroxylamine groups is 1. The molecule has 1 amide bonds. The number of methoxy groups -OCH3 is 1. The van der Waals surface area contributed by atoms with Gasteiger partial charge in [-0.15, -0.1) is 0 Å². The lowest BCUT2D eigenvalue weighted by molar-refractivity contribution is -0.143. The van der Waals surface area contributed by atoms with Crippen molar-refractivity contribution >= 4 is 16.8 Å². The third-order valence-electron chi connectivity index (χ3n) is 7.94. The monoisotopic (exact) mass is 563 g/mol. The Morgan fingerprint density at radius 1 is 1.18 bits per heavy atom. The second-order valence-corrected chi connectivity index (χ2v) is 10.3. The summed E-state index contributed by atoms with van der Waals surface area (Å²) in [5.74, 6) is -3.16. The Labute approximate surface area is 229 Å². The minimum absolute atomic E-state index is 0.0266. The van der Waals surface area contributed by atoms with Crippen LogP contribution < -0.4 is 10.2 Å². The van der Waals surface area contributed by atoms with Crippen LogP contribution in [0, 0.1) is 22.9 Å². The van der Waals surface area contributed by atoms with Crippen LogP contribution in [0.2, 0.25) is 0 Å². The molecule has 1 unspecified atom stereocenters. The molecule has 0 saturated carbocycles. The number of likely N-dealkylation sites (tertiary alicyclic amines) is 1. The first-order valence-electron chi connectivity index (χ1n) is 13.2. The summed E-state index contributed by atoms with van der Waals surface area (Å²) in [6, 6.07) is 6.59. The van der Waals surface area contributed by atoms with Gasteiger partial charge in [0.1, 0.15) is 17.7 Å². The molecule has 7 nitrogen and oxygen atoms in total. The Hall–Kier alpha value is -3.28. The summed E-state index contributed by atoms with van der Waals surface area (Å²) < 4.78 is 62.0. The number of aromatic nitrogens is 1. The van der Waals surface area contributed by atoms with Crippen molar-refractivity contribution in [3.05, 3.63) is 70.7 Å². The molecule has 1 saturated heterocycles. The minimum atomic E-state index is -1.51. The molecule has 11 heteroatoms. The maximum atomic E-state index is 15.9. The van der Waals surface area contributed by atoms with Gasteiger partial charge >= 0.3 is 0 Å². The molecule has 1 aromatic heterocycles. The maximum absolute atomic E-state index is 15.9. The van der Waals surface area contributed by atoms with Gasteiger partial charge in [0.05, 0.1) is 24.6 Å². The molecule has 2 heterocycles. The van der Waals surface area contributed by atoms with Gasteiger partial charge in [0, 0.05) is 28.8 Å². The fourth-order valence-corrected chi connectivity index (χ4v) is 5.60. The highest BCUT2D eigenvalue weighted by Gasteiger charge is 2.41. The smallest absolute Gasteiger partial charge is 0.249 e. The molecule has 3 N–H and O–H groups in total. The molecule has 1 aliphatic heterocycles. The van der Waals surface area contributed by atoms with E-state index in [9.17, 15) is 28.3 Å². The van der Waals surface area contributed by atoms with E-state index >= 15 is 4.39 Å². The van der Waals surface area contributed by atoms with Crippen LogP contribution in [-0.2, 0) is 17.8 Å². The summed E-state index contributed by atoms with van der Waals surface area (Å²) in [5, 5.41) is 19.8. The number of benzene rings is 2. The highest BCUT2D eigenvalue weighted by molar-refractivity contribution is 5.85. The second-order valence-electron chi connectivity index (χ2n) is 10.3. The van der Waals surface area contributed by atoms with Gasteiger partial charge in [-0.25, -0.2) is 23.0 Å². The number of hydrogen-bond acceptors (Lipinski definition) is 6. The zero-order chi connectivity index (χ0) is 28.9. The number of piperidine rings is 1. The molecule has 216 valence electrons. The summed E-state index contributed by atoms with van der Waals surface area (Å²) >= 11 is 0. The quantitative estimate of drug-likeness (QED) is 0.129. The van der Waals surface area contributed by atoms with Crippen molar-refractivity contribution in [2.75, 3.05) is 26.7 Å².